The summed E-state index contributed by atoms with van der Waals surface area (Å²) in [7, 11) is 0. The molecule has 11 aromatic rings. The predicted molar refractivity (Wildman–Crippen MR) is 232 cm³/mol. The molecule has 2 heterocycles. The van der Waals surface area contributed by atoms with Crippen molar-refractivity contribution in [2.24, 2.45) is 0 Å². The van der Waals surface area contributed by atoms with Gasteiger partial charge in [0.25, 0.3) is 0 Å². The van der Waals surface area contributed by atoms with E-state index >= 15 is 0 Å². The van der Waals surface area contributed by atoms with Crippen LogP contribution in [0.4, 0.5) is 0 Å². The zero-order valence-electron chi connectivity index (χ0n) is 30.6. The highest BCUT2D eigenvalue weighted by Crippen LogP contribution is 2.41. The van der Waals surface area contributed by atoms with E-state index in [2.05, 4.69) is 159 Å². The number of aromatic nitrogens is 3. The Bertz CT molecular complexity index is 3270. The number of aryl methyl sites for hydroxylation is 1. The Hall–Kier alpha value is -7.43. The van der Waals surface area contributed by atoms with Gasteiger partial charge in [-0.3, -0.25) is 0 Å². The third kappa shape index (κ3) is 5.34. The summed E-state index contributed by atoms with van der Waals surface area (Å²) in [6.45, 7) is 2.08. The number of benzene rings is 9. The lowest BCUT2D eigenvalue weighted by atomic mass is 9.91. The number of fused-ring (bicyclic) bond motifs is 9. The van der Waals surface area contributed by atoms with Crippen molar-refractivity contribution in [3.8, 4) is 56.4 Å². The smallest absolute Gasteiger partial charge is 0.164 e. The summed E-state index contributed by atoms with van der Waals surface area (Å²) in [5, 5.41) is 9.78. The van der Waals surface area contributed by atoms with Crippen LogP contribution in [-0.4, -0.2) is 15.0 Å². The van der Waals surface area contributed by atoms with Gasteiger partial charge in [0.2, 0.25) is 0 Å². The summed E-state index contributed by atoms with van der Waals surface area (Å²) in [6.07, 6.45) is 0. The van der Waals surface area contributed by atoms with E-state index < -0.39 is 0 Å². The molecule has 0 bridgehead atoms. The van der Waals surface area contributed by atoms with E-state index in [0.717, 1.165) is 55.3 Å². The molecule has 0 aliphatic carbocycles. The maximum absolute atomic E-state index is 6.50. The fourth-order valence-corrected chi connectivity index (χ4v) is 8.21. The van der Waals surface area contributed by atoms with Gasteiger partial charge in [-0.25, -0.2) is 15.0 Å². The molecule has 0 aliphatic rings. The molecule has 262 valence electrons. The average Bonchev–Trinajstić information content (AvgIpc) is 3.65. The Kier molecular flexibility index (Phi) is 7.36. The Balaban J connectivity index is 1.05. The van der Waals surface area contributed by atoms with Gasteiger partial charge < -0.3 is 4.42 Å². The molecule has 0 unspecified atom stereocenters. The second-order valence-electron chi connectivity index (χ2n) is 14.5. The highest BCUT2D eigenvalue weighted by molar-refractivity contribution is 6.26. The van der Waals surface area contributed by atoms with Gasteiger partial charge in [0, 0.05) is 27.5 Å². The molecule has 0 amide bonds. The summed E-state index contributed by atoms with van der Waals surface area (Å²) in [5.41, 5.74) is 10.2. The fraction of sp³-hybridized carbons (Fsp3) is 0.0192. The van der Waals surface area contributed by atoms with Crippen molar-refractivity contribution in [3.05, 3.63) is 188 Å². The minimum Gasteiger partial charge on any atom is -0.456 e. The van der Waals surface area contributed by atoms with E-state index in [1.54, 1.807) is 0 Å². The first-order valence-electron chi connectivity index (χ1n) is 18.9. The van der Waals surface area contributed by atoms with Crippen LogP contribution < -0.4 is 0 Å². The van der Waals surface area contributed by atoms with Gasteiger partial charge in [0.1, 0.15) is 11.2 Å². The Labute approximate surface area is 323 Å². The third-order valence-corrected chi connectivity index (χ3v) is 11.0. The first kappa shape index (κ1) is 32.0. The number of furan rings is 1. The molecule has 11 rings (SSSR count). The Morgan fingerprint density at radius 3 is 1.52 bits per heavy atom. The van der Waals surface area contributed by atoms with Crippen molar-refractivity contribution < 1.29 is 4.42 Å². The lowest BCUT2D eigenvalue weighted by Crippen LogP contribution is -2.00. The maximum Gasteiger partial charge on any atom is 0.164 e. The topological polar surface area (TPSA) is 51.8 Å². The average molecular weight is 716 g/mol. The van der Waals surface area contributed by atoms with Gasteiger partial charge >= 0.3 is 0 Å². The molecule has 4 nitrogen and oxygen atoms in total. The van der Waals surface area contributed by atoms with E-state index in [9.17, 15) is 0 Å². The van der Waals surface area contributed by atoms with Crippen LogP contribution in [0, 0.1) is 6.92 Å². The summed E-state index contributed by atoms with van der Waals surface area (Å²) in [6, 6.07) is 64.1. The third-order valence-electron chi connectivity index (χ3n) is 11.0. The molecule has 0 spiro atoms. The number of rotatable bonds is 5. The van der Waals surface area contributed by atoms with Crippen LogP contribution in [0.15, 0.2) is 186 Å². The number of hydrogen-bond acceptors (Lipinski definition) is 4. The molecule has 0 radical (unpaired) electrons. The number of hydrogen-bond donors (Lipinski definition) is 0. The molecule has 9 aromatic carbocycles. The first-order valence-corrected chi connectivity index (χ1v) is 18.9. The van der Waals surface area contributed by atoms with Gasteiger partial charge in [-0.05, 0) is 91.8 Å². The van der Waals surface area contributed by atoms with Gasteiger partial charge in [-0.2, -0.15) is 0 Å². The van der Waals surface area contributed by atoms with E-state index in [1.807, 2.05) is 30.3 Å². The van der Waals surface area contributed by atoms with Gasteiger partial charge in [0.05, 0.1) is 0 Å². The van der Waals surface area contributed by atoms with E-state index in [0.29, 0.717) is 17.5 Å². The molecule has 0 fully saturated rings. The molecule has 2 aromatic heterocycles. The molecule has 0 saturated carbocycles. The normalized spacial score (nSPS) is 11.7. The summed E-state index contributed by atoms with van der Waals surface area (Å²) >= 11 is 0. The van der Waals surface area contributed by atoms with Crippen LogP contribution in [0.5, 0.6) is 0 Å². The highest BCUT2D eigenvalue weighted by atomic mass is 16.3. The molecule has 0 saturated heterocycles. The molecule has 56 heavy (non-hydrogen) atoms. The van der Waals surface area contributed by atoms with Crippen molar-refractivity contribution >= 4 is 54.3 Å². The van der Waals surface area contributed by atoms with Crippen LogP contribution >= 0.6 is 0 Å². The molecule has 0 N–H and O–H groups in total. The van der Waals surface area contributed by atoms with Gasteiger partial charge in [-0.15, -0.1) is 0 Å². The first-order chi connectivity index (χ1) is 27.6. The monoisotopic (exact) mass is 715 g/mol. The Morgan fingerprint density at radius 2 is 0.821 bits per heavy atom. The zero-order valence-corrected chi connectivity index (χ0v) is 30.6. The lowest BCUT2D eigenvalue weighted by molar-refractivity contribution is 0.669. The summed E-state index contributed by atoms with van der Waals surface area (Å²) < 4.78 is 6.50. The SMILES string of the molecule is Cc1ccc(-c2nc(-c3ccccc3)nc(-c3cccc(-c4cccc5oc6ccc(-c7ccc8c9ccccc9c9ccccc9c8c7)cc6c45)c3)n2)cc1. The molecular weight excluding hydrogens is 683 g/mol. The van der Waals surface area contributed by atoms with E-state index in [1.165, 1.54) is 43.4 Å². The van der Waals surface area contributed by atoms with Crippen LogP contribution in [0.2, 0.25) is 0 Å². The van der Waals surface area contributed by atoms with Crippen molar-refractivity contribution in [1.29, 1.82) is 0 Å². The van der Waals surface area contributed by atoms with Crippen molar-refractivity contribution in [3.63, 3.8) is 0 Å². The largest absolute Gasteiger partial charge is 0.456 e. The van der Waals surface area contributed by atoms with Gasteiger partial charge in [-0.1, -0.05) is 157 Å². The van der Waals surface area contributed by atoms with Gasteiger partial charge in [0.15, 0.2) is 17.5 Å². The minimum absolute atomic E-state index is 0.624. The zero-order chi connectivity index (χ0) is 37.2. The van der Waals surface area contributed by atoms with E-state index in [4.69, 9.17) is 19.4 Å². The maximum atomic E-state index is 6.50. The predicted octanol–water partition coefficient (Wildman–Crippen LogP) is 13.9. The van der Waals surface area contributed by atoms with Crippen molar-refractivity contribution in [2.75, 3.05) is 0 Å². The highest BCUT2D eigenvalue weighted by Gasteiger charge is 2.17. The van der Waals surface area contributed by atoms with Crippen LogP contribution in [0.1, 0.15) is 5.56 Å². The molecule has 4 heteroatoms. The number of nitrogens with zero attached hydrogens (tertiary/aromatic N) is 3. The van der Waals surface area contributed by atoms with E-state index in [-0.39, 0.29) is 0 Å². The van der Waals surface area contributed by atoms with Crippen LogP contribution in [0.3, 0.4) is 0 Å². The van der Waals surface area contributed by atoms with Crippen molar-refractivity contribution in [1.82, 2.24) is 15.0 Å². The second-order valence-corrected chi connectivity index (χ2v) is 14.5. The molecular formula is C52H33N3O. The summed E-state index contributed by atoms with van der Waals surface area (Å²) in [5.74, 6) is 1.91. The standard InChI is InChI=1S/C52H33N3O/c1-32-21-23-34(24-22-32)51-53-50(33-11-3-2-4-12-33)54-52(55-51)38-14-9-13-37(29-38)39-19-10-20-48-49(39)46-31-36(26-28-47(46)56-48)35-25-27-44-42-17-6-5-15-40(42)41-16-7-8-18-43(41)45(44)30-35/h2-31H,1H3. The summed E-state index contributed by atoms with van der Waals surface area (Å²) in [4.78, 5) is 15.0. The minimum atomic E-state index is 0.624. The fourth-order valence-electron chi connectivity index (χ4n) is 8.21. The Morgan fingerprint density at radius 1 is 0.321 bits per heavy atom. The van der Waals surface area contributed by atoms with Crippen molar-refractivity contribution in [2.45, 2.75) is 6.92 Å². The van der Waals surface area contributed by atoms with Crippen LogP contribution in [0.25, 0.3) is 111 Å². The lowest BCUT2D eigenvalue weighted by Gasteiger charge is -2.12. The second kappa shape index (κ2) is 12.9. The quantitative estimate of drug-likeness (QED) is 0.167. The molecule has 0 atom stereocenters. The van der Waals surface area contributed by atoms with Crippen LogP contribution in [-0.2, 0) is 0 Å². The molecule has 0 aliphatic heterocycles.